The Morgan fingerprint density at radius 1 is 0.143 bits per heavy atom. The van der Waals surface area contributed by atoms with Gasteiger partial charge in [-0.3, -0.25) is 0 Å². The van der Waals surface area contributed by atoms with Crippen LogP contribution < -0.4 is 0 Å². The van der Waals surface area contributed by atoms with Gasteiger partial charge in [-0.2, -0.15) is 0 Å². The molecule has 0 aliphatic heterocycles. The van der Waals surface area contributed by atoms with Gasteiger partial charge in [-0.05, 0) is 223 Å². The van der Waals surface area contributed by atoms with Crippen LogP contribution in [-0.2, 0) is 0 Å². The fourth-order valence-corrected chi connectivity index (χ4v) is 16.5. The van der Waals surface area contributed by atoms with E-state index in [1.807, 2.05) is 0 Å². The molecule has 4 heteroatoms. The monoisotopic (exact) mass is 1340 g/mol. The predicted molar refractivity (Wildman–Crippen MR) is 445 cm³/mol. The minimum atomic E-state index is 1.16. The van der Waals surface area contributed by atoms with E-state index in [0.717, 1.165) is 11.4 Å². The van der Waals surface area contributed by atoms with Gasteiger partial charge in [0.2, 0.25) is 0 Å². The van der Waals surface area contributed by atoms with Crippen molar-refractivity contribution < 1.29 is 0 Å². The maximum atomic E-state index is 2.41. The predicted octanol–water partition coefficient (Wildman–Crippen LogP) is 27.2. The number of aryl methyl sites for hydroxylation is 1. The van der Waals surface area contributed by atoms with Crippen molar-refractivity contribution in [3.8, 4) is 89.5 Å². The lowest BCUT2D eigenvalue weighted by molar-refractivity contribution is 1.18. The molecule has 105 heavy (non-hydrogen) atoms. The zero-order valence-electron chi connectivity index (χ0n) is 57.8. The van der Waals surface area contributed by atoms with Crippen LogP contribution in [0.3, 0.4) is 0 Å². The van der Waals surface area contributed by atoms with Crippen molar-refractivity contribution in [1.82, 2.24) is 18.3 Å². The van der Waals surface area contributed by atoms with E-state index >= 15 is 0 Å². The molecule has 0 N–H and O–H groups in total. The minimum absolute atomic E-state index is 1.16. The number of nitrogens with zero attached hydrogens (tertiary/aromatic N) is 4. The lowest BCUT2D eigenvalue weighted by Gasteiger charge is -2.11. The number of hydrogen-bond donors (Lipinski definition) is 0. The summed E-state index contributed by atoms with van der Waals surface area (Å²) in [5.41, 5.74) is 30.2. The fraction of sp³-hybridized carbons (Fsp3) is 0.00990. The third-order valence-electron chi connectivity index (χ3n) is 21.4. The van der Waals surface area contributed by atoms with Gasteiger partial charge in [0.15, 0.2) is 0 Å². The van der Waals surface area contributed by atoms with Crippen LogP contribution in [0.4, 0.5) is 0 Å². The highest BCUT2D eigenvalue weighted by Gasteiger charge is 2.20. The molecule has 0 fully saturated rings. The largest absolute Gasteiger partial charge is 0.309 e. The normalized spacial score (nSPS) is 11.7. The number of rotatable bonds is 10. The van der Waals surface area contributed by atoms with Crippen molar-refractivity contribution in [3.05, 3.63) is 400 Å². The van der Waals surface area contributed by atoms with Gasteiger partial charge in [0.05, 0.1) is 44.1 Å². The van der Waals surface area contributed by atoms with E-state index in [1.165, 1.54) is 182 Å². The Labute approximate surface area is 608 Å². The first-order valence-corrected chi connectivity index (χ1v) is 36.2. The second-order valence-electron chi connectivity index (χ2n) is 27.7. The zero-order chi connectivity index (χ0) is 69.5. The van der Waals surface area contributed by atoms with Crippen LogP contribution >= 0.6 is 0 Å². The molecule has 4 nitrogen and oxygen atoms in total. The topological polar surface area (TPSA) is 19.7 Å². The highest BCUT2D eigenvalue weighted by molar-refractivity contribution is 6.15. The summed E-state index contributed by atoms with van der Waals surface area (Å²) in [5.74, 6) is 0. The van der Waals surface area contributed by atoms with Gasteiger partial charge in [0, 0.05) is 65.8 Å². The van der Waals surface area contributed by atoms with Crippen LogP contribution in [-0.4, -0.2) is 18.3 Å². The average Bonchev–Trinajstić information content (AvgIpc) is 1.61. The summed E-state index contributed by atoms with van der Waals surface area (Å²) in [5, 5.41) is 12.6. The third kappa shape index (κ3) is 10.7. The molecule has 21 rings (SSSR count). The summed E-state index contributed by atoms with van der Waals surface area (Å²) in [7, 11) is 0. The van der Waals surface area contributed by atoms with Crippen LogP contribution in [0.2, 0.25) is 0 Å². The Morgan fingerprint density at radius 3 is 0.829 bits per heavy atom. The lowest BCUT2D eigenvalue weighted by Crippen LogP contribution is -1.93. The summed E-state index contributed by atoms with van der Waals surface area (Å²) in [6.45, 7) is 2.20. The van der Waals surface area contributed by atoms with Crippen LogP contribution in [0.15, 0.2) is 394 Å². The summed E-state index contributed by atoms with van der Waals surface area (Å²) in [6, 6.07) is 144. The quantitative estimate of drug-likeness (QED) is 0.130. The standard InChI is InChI=1S/C58H38N2.C43H30N2/c1-4-12-39(13-5-1)47-26-30-51-53-35-45(28-32-55(53)59(57(51)37-47)49-16-6-2-7-17-49)41-20-22-42(23-21-41)46-29-33-56-54(36-46)52-31-27-48(38-58(52)60(56)50-18-8-3-9-19-50)44-25-24-40-14-10-11-15-43(40)34-44;1-29-24-32(30-20-22-42-38(27-30)36-16-8-10-18-40(36)44(42)34-12-4-2-5-13-34)26-33(25-29)31-21-23-43-39(28-31)37-17-9-11-19-41(37)45(43)35-14-6-3-7-15-35/h1-38H;2-28H,1H3. The van der Waals surface area contributed by atoms with E-state index in [-0.39, 0.29) is 0 Å². The first-order chi connectivity index (χ1) is 52.0. The van der Waals surface area contributed by atoms with Gasteiger partial charge in [0.25, 0.3) is 0 Å². The molecular weight excluding hydrogens is 1270 g/mol. The van der Waals surface area contributed by atoms with Gasteiger partial charge in [0.1, 0.15) is 0 Å². The molecule has 17 aromatic carbocycles. The molecule has 21 aromatic rings. The van der Waals surface area contributed by atoms with Crippen LogP contribution in [0, 0.1) is 6.92 Å². The number of para-hydroxylation sites is 6. The van der Waals surface area contributed by atoms with E-state index < -0.39 is 0 Å². The van der Waals surface area contributed by atoms with Crippen molar-refractivity contribution in [2.45, 2.75) is 6.92 Å². The molecule has 492 valence electrons. The third-order valence-corrected chi connectivity index (χ3v) is 21.4. The summed E-state index contributed by atoms with van der Waals surface area (Å²) in [6.07, 6.45) is 0. The summed E-state index contributed by atoms with van der Waals surface area (Å²) >= 11 is 0. The maximum Gasteiger partial charge on any atom is 0.0547 e. The minimum Gasteiger partial charge on any atom is -0.309 e. The van der Waals surface area contributed by atoms with Gasteiger partial charge in [-0.15, -0.1) is 0 Å². The molecule has 0 bridgehead atoms. The van der Waals surface area contributed by atoms with Gasteiger partial charge in [-0.1, -0.05) is 261 Å². The molecule has 0 unspecified atom stereocenters. The van der Waals surface area contributed by atoms with Crippen molar-refractivity contribution in [1.29, 1.82) is 0 Å². The molecule has 0 aliphatic carbocycles. The van der Waals surface area contributed by atoms with Crippen LogP contribution in [0.25, 0.3) is 188 Å². The van der Waals surface area contributed by atoms with Gasteiger partial charge in [-0.25, -0.2) is 0 Å². The first-order valence-electron chi connectivity index (χ1n) is 36.2. The number of hydrogen-bond acceptors (Lipinski definition) is 0. The fourth-order valence-electron chi connectivity index (χ4n) is 16.5. The highest BCUT2D eigenvalue weighted by atomic mass is 15.0. The highest BCUT2D eigenvalue weighted by Crippen LogP contribution is 2.43. The lowest BCUT2D eigenvalue weighted by atomic mass is 9.95. The van der Waals surface area contributed by atoms with E-state index in [0.29, 0.717) is 0 Å². The number of fused-ring (bicyclic) bond motifs is 13. The molecule has 0 atom stereocenters. The molecule has 0 amide bonds. The Kier molecular flexibility index (Phi) is 14.8. The molecule has 0 saturated heterocycles. The van der Waals surface area contributed by atoms with Gasteiger partial charge < -0.3 is 18.3 Å². The summed E-state index contributed by atoms with van der Waals surface area (Å²) < 4.78 is 9.56. The Balaban J connectivity index is 0.000000145. The number of benzene rings is 17. The van der Waals surface area contributed by atoms with Crippen LogP contribution in [0.5, 0.6) is 0 Å². The molecular formula is C101H68N4. The second-order valence-corrected chi connectivity index (χ2v) is 27.7. The average molecular weight is 1340 g/mol. The Bertz CT molecular complexity index is 6740. The molecule has 0 aliphatic rings. The van der Waals surface area contributed by atoms with E-state index in [1.54, 1.807) is 0 Å². The van der Waals surface area contributed by atoms with Crippen molar-refractivity contribution in [2.24, 2.45) is 0 Å². The van der Waals surface area contributed by atoms with Crippen molar-refractivity contribution in [2.75, 3.05) is 0 Å². The summed E-state index contributed by atoms with van der Waals surface area (Å²) in [4.78, 5) is 0. The molecule has 0 spiro atoms. The van der Waals surface area contributed by atoms with Crippen LogP contribution in [0.1, 0.15) is 5.56 Å². The van der Waals surface area contributed by atoms with Crippen molar-refractivity contribution >= 4 is 98.0 Å². The van der Waals surface area contributed by atoms with E-state index in [4.69, 9.17) is 0 Å². The first kappa shape index (κ1) is 61.1. The number of aromatic nitrogens is 4. The maximum absolute atomic E-state index is 2.41. The molecule has 4 heterocycles. The SMILES string of the molecule is Cc1cc(-c2ccc3c(c2)c2ccccc2n3-c2ccccc2)cc(-c2ccc3c(c2)c2ccccc2n3-c2ccccc2)c1.c1ccc(-c2ccc3c4cc(-c5ccc(-c6ccc7c(c6)c6ccc(-c8ccc9ccccc9c8)cc6n7-c6ccccc6)cc5)ccc4n(-c4ccccc4)c3c2)cc1. The zero-order valence-corrected chi connectivity index (χ0v) is 57.8. The Morgan fingerprint density at radius 2 is 0.410 bits per heavy atom. The Hall–Kier alpha value is -13.8. The molecule has 4 aromatic heterocycles. The van der Waals surface area contributed by atoms with Gasteiger partial charge >= 0.3 is 0 Å². The smallest absolute Gasteiger partial charge is 0.0547 e. The molecule has 0 radical (unpaired) electrons. The molecule has 0 saturated carbocycles. The van der Waals surface area contributed by atoms with E-state index in [9.17, 15) is 0 Å². The van der Waals surface area contributed by atoms with Crippen molar-refractivity contribution in [3.63, 3.8) is 0 Å². The van der Waals surface area contributed by atoms with E-state index in [2.05, 4.69) is 420 Å². The second kappa shape index (κ2) is 25.4.